The second-order valence-corrected chi connectivity index (χ2v) is 5.75. The molecule has 0 radical (unpaired) electrons. The molecule has 118 valence electrons. The van der Waals surface area contributed by atoms with Crippen molar-refractivity contribution >= 4 is 17.2 Å². The van der Waals surface area contributed by atoms with Gasteiger partial charge in [0.15, 0.2) is 0 Å². The molecule has 1 atom stereocenters. The Morgan fingerprint density at radius 2 is 1.95 bits per heavy atom. The number of carbonyl (C=O) groups is 1. The number of hydrogen-bond acceptors (Lipinski definition) is 3. The quantitative estimate of drug-likeness (QED) is 0.901. The first kappa shape index (κ1) is 16.5. The van der Waals surface area contributed by atoms with E-state index in [9.17, 15) is 23.1 Å². The van der Waals surface area contributed by atoms with Crippen LogP contribution in [0.4, 0.5) is 13.2 Å². The molecule has 2 N–H and O–H groups in total. The molecule has 2 aromatic rings. The molecule has 3 nitrogen and oxygen atoms in total. The molecule has 0 saturated heterocycles. The van der Waals surface area contributed by atoms with Gasteiger partial charge >= 0.3 is 6.18 Å². The molecule has 0 aliphatic heterocycles. The van der Waals surface area contributed by atoms with Crippen LogP contribution in [0, 0.1) is 6.92 Å². The van der Waals surface area contributed by atoms with Crippen LogP contribution in [0.5, 0.6) is 0 Å². The number of carbonyl (C=O) groups excluding carboxylic acids is 1. The molecule has 0 unspecified atom stereocenters. The number of aliphatic hydroxyl groups is 1. The fourth-order valence-corrected chi connectivity index (χ4v) is 2.65. The fraction of sp³-hybridized carbons (Fsp3) is 0.267. The van der Waals surface area contributed by atoms with Crippen LogP contribution in [0.3, 0.4) is 0 Å². The summed E-state index contributed by atoms with van der Waals surface area (Å²) in [5.74, 6) is -0.316. The maximum atomic E-state index is 12.4. The molecule has 1 amide bonds. The molecular formula is C15H14F3NO2S. The van der Waals surface area contributed by atoms with Crippen LogP contribution in [0.25, 0.3) is 0 Å². The van der Waals surface area contributed by atoms with Crippen molar-refractivity contribution in [3.05, 3.63) is 57.3 Å². The number of nitrogens with one attached hydrogen (secondary N) is 1. The van der Waals surface area contributed by atoms with Crippen LogP contribution in [-0.2, 0) is 6.18 Å². The van der Waals surface area contributed by atoms with E-state index in [2.05, 4.69) is 5.32 Å². The zero-order chi connectivity index (χ0) is 16.3. The Labute approximate surface area is 129 Å². The topological polar surface area (TPSA) is 49.3 Å². The van der Waals surface area contributed by atoms with Crippen molar-refractivity contribution in [2.24, 2.45) is 0 Å². The van der Waals surface area contributed by atoms with Crippen molar-refractivity contribution in [1.29, 1.82) is 0 Å². The molecule has 7 heteroatoms. The normalized spacial score (nSPS) is 13.0. The van der Waals surface area contributed by atoms with Crippen molar-refractivity contribution in [2.45, 2.75) is 19.2 Å². The predicted octanol–water partition coefficient (Wildman–Crippen LogP) is 3.54. The Kier molecular flexibility index (Phi) is 4.87. The van der Waals surface area contributed by atoms with E-state index >= 15 is 0 Å². The lowest BCUT2D eigenvalue weighted by molar-refractivity contribution is -0.137. The number of thiophene rings is 1. The number of amides is 1. The lowest BCUT2D eigenvalue weighted by Gasteiger charge is -2.13. The lowest BCUT2D eigenvalue weighted by atomic mass is 10.1. The molecule has 22 heavy (non-hydrogen) atoms. The Balaban J connectivity index is 1.95. The van der Waals surface area contributed by atoms with Crippen LogP contribution in [0.1, 0.15) is 32.5 Å². The van der Waals surface area contributed by atoms with Gasteiger partial charge in [0.25, 0.3) is 5.91 Å². The van der Waals surface area contributed by atoms with E-state index in [0.717, 1.165) is 17.7 Å². The second kappa shape index (κ2) is 6.50. The van der Waals surface area contributed by atoms with E-state index in [0.29, 0.717) is 10.4 Å². The Morgan fingerprint density at radius 1 is 1.32 bits per heavy atom. The average Bonchev–Trinajstić information content (AvgIpc) is 2.90. The van der Waals surface area contributed by atoms with E-state index in [4.69, 9.17) is 0 Å². The fourth-order valence-electron chi connectivity index (χ4n) is 1.84. The van der Waals surface area contributed by atoms with Gasteiger partial charge in [-0.15, -0.1) is 11.3 Å². The number of rotatable bonds is 4. The highest BCUT2D eigenvalue weighted by Gasteiger charge is 2.30. The molecule has 1 heterocycles. The first-order valence-electron chi connectivity index (χ1n) is 6.46. The summed E-state index contributed by atoms with van der Waals surface area (Å²) in [5, 5.41) is 14.3. The van der Waals surface area contributed by atoms with Crippen LogP contribution < -0.4 is 5.32 Å². The van der Waals surface area contributed by atoms with Gasteiger partial charge < -0.3 is 10.4 Å². The van der Waals surface area contributed by atoms with Crippen molar-refractivity contribution < 1.29 is 23.1 Å². The second-order valence-electron chi connectivity index (χ2n) is 4.83. The molecule has 0 aliphatic carbocycles. The highest BCUT2D eigenvalue weighted by atomic mass is 32.1. The van der Waals surface area contributed by atoms with Gasteiger partial charge in [0.05, 0.1) is 16.5 Å². The van der Waals surface area contributed by atoms with Crippen molar-refractivity contribution in [2.75, 3.05) is 6.54 Å². The molecule has 0 aliphatic rings. The van der Waals surface area contributed by atoms with Gasteiger partial charge in [-0.3, -0.25) is 4.79 Å². The number of benzene rings is 1. The Bertz CT molecular complexity index is 650. The number of hydrogen-bond donors (Lipinski definition) is 2. The maximum Gasteiger partial charge on any atom is 0.416 e. The van der Waals surface area contributed by atoms with E-state index in [-0.39, 0.29) is 12.5 Å². The summed E-state index contributed by atoms with van der Waals surface area (Å²) in [6, 6.07) is 5.94. The first-order valence-corrected chi connectivity index (χ1v) is 7.34. The van der Waals surface area contributed by atoms with E-state index in [1.54, 1.807) is 6.07 Å². The van der Waals surface area contributed by atoms with E-state index in [1.807, 2.05) is 12.3 Å². The van der Waals surface area contributed by atoms with Crippen LogP contribution in [-0.4, -0.2) is 17.6 Å². The summed E-state index contributed by atoms with van der Waals surface area (Å²) in [7, 11) is 0. The zero-order valence-corrected chi connectivity index (χ0v) is 12.5. The summed E-state index contributed by atoms with van der Waals surface area (Å²) >= 11 is 1.29. The van der Waals surface area contributed by atoms with Gasteiger partial charge in [0.1, 0.15) is 0 Å². The van der Waals surface area contributed by atoms with Crippen molar-refractivity contribution in [3.8, 4) is 0 Å². The van der Waals surface area contributed by atoms with Crippen LogP contribution in [0.15, 0.2) is 35.7 Å². The van der Waals surface area contributed by atoms with Crippen LogP contribution >= 0.6 is 11.3 Å². The maximum absolute atomic E-state index is 12.4. The van der Waals surface area contributed by atoms with Gasteiger partial charge in [-0.2, -0.15) is 13.2 Å². The minimum absolute atomic E-state index is 0.0683. The summed E-state index contributed by atoms with van der Waals surface area (Å²) in [5.41, 5.74) is 0.510. The summed E-state index contributed by atoms with van der Waals surface area (Å²) in [6.45, 7) is 1.80. The van der Waals surface area contributed by atoms with Crippen molar-refractivity contribution in [1.82, 2.24) is 5.32 Å². The minimum atomic E-state index is -4.41. The van der Waals surface area contributed by atoms with Crippen LogP contribution in [0.2, 0.25) is 0 Å². The highest BCUT2D eigenvalue weighted by Crippen LogP contribution is 2.29. The Hall–Kier alpha value is -1.86. The summed E-state index contributed by atoms with van der Waals surface area (Å²) in [6.07, 6.45) is -5.47. The monoisotopic (exact) mass is 329 g/mol. The highest BCUT2D eigenvalue weighted by molar-refractivity contribution is 7.12. The van der Waals surface area contributed by atoms with Gasteiger partial charge in [0.2, 0.25) is 0 Å². The standard InChI is InChI=1S/C15H14F3NO2S/c1-9-6-13(22-8-9)14(21)19-7-12(20)10-2-4-11(5-3-10)15(16,17)18/h2-6,8,12,20H,7H2,1H3,(H,19,21)/t12-/m0/s1. The molecule has 1 aromatic carbocycles. The van der Waals surface area contributed by atoms with Gasteiger partial charge in [-0.05, 0) is 41.6 Å². The third-order valence-corrected chi connectivity index (χ3v) is 4.08. The number of aliphatic hydroxyl groups excluding tert-OH is 1. The molecule has 0 saturated carbocycles. The SMILES string of the molecule is Cc1csc(C(=O)NC[C@H](O)c2ccc(C(F)(F)F)cc2)c1. The molecule has 0 spiro atoms. The molecular weight excluding hydrogens is 315 g/mol. The van der Waals surface area contributed by atoms with Crippen molar-refractivity contribution in [3.63, 3.8) is 0 Å². The molecule has 2 rings (SSSR count). The average molecular weight is 329 g/mol. The molecule has 0 bridgehead atoms. The summed E-state index contributed by atoms with van der Waals surface area (Å²) in [4.78, 5) is 12.3. The molecule has 0 fully saturated rings. The minimum Gasteiger partial charge on any atom is -0.387 e. The van der Waals surface area contributed by atoms with Gasteiger partial charge in [0, 0.05) is 6.54 Å². The van der Waals surface area contributed by atoms with E-state index < -0.39 is 17.8 Å². The number of alkyl halides is 3. The third kappa shape index (κ3) is 4.08. The van der Waals surface area contributed by atoms with Gasteiger partial charge in [-0.25, -0.2) is 0 Å². The first-order chi connectivity index (χ1) is 10.3. The third-order valence-electron chi connectivity index (χ3n) is 3.03. The number of halogens is 3. The number of aryl methyl sites for hydroxylation is 1. The lowest BCUT2D eigenvalue weighted by Crippen LogP contribution is -2.27. The predicted molar refractivity (Wildman–Crippen MR) is 77.8 cm³/mol. The Morgan fingerprint density at radius 3 is 2.45 bits per heavy atom. The largest absolute Gasteiger partial charge is 0.416 e. The molecule has 1 aromatic heterocycles. The zero-order valence-electron chi connectivity index (χ0n) is 11.6. The summed E-state index contributed by atoms with van der Waals surface area (Å²) < 4.78 is 37.3. The van der Waals surface area contributed by atoms with Gasteiger partial charge in [-0.1, -0.05) is 12.1 Å². The smallest absolute Gasteiger partial charge is 0.387 e. The van der Waals surface area contributed by atoms with E-state index in [1.165, 1.54) is 23.5 Å².